The molecule has 1 N–H and O–H groups in total. The lowest BCUT2D eigenvalue weighted by molar-refractivity contribution is -0.141. The van der Waals surface area contributed by atoms with Crippen LogP contribution >= 0.6 is 15.9 Å². The third kappa shape index (κ3) is 6.52. The molecule has 6 rings (SSSR count). The van der Waals surface area contributed by atoms with E-state index >= 15 is 0 Å². The van der Waals surface area contributed by atoms with E-state index in [4.69, 9.17) is 0 Å². The molecule has 1 atom stereocenters. The molecule has 3 amide bonds. The summed E-state index contributed by atoms with van der Waals surface area (Å²) in [6.45, 7) is 0.752. The molecule has 220 valence electrons. The van der Waals surface area contributed by atoms with Crippen molar-refractivity contribution in [3.63, 3.8) is 0 Å². The fourth-order valence-corrected chi connectivity index (χ4v) is 6.93. The second kappa shape index (κ2) is 13.1. The third-order valence-corrected chi connectivity index (χ3v) is 9.13. The highest BCUT2D eigenvalue weighted by Gasteiger charge is 2.33. The van der Waals surface area contributed by atoms with Gasteiger partial charge in [-0.25, -0.2) is 0 Å². The zero-order valence-electron chi connectivity index (χ0n) is 24.2. The van der Waals surface area contributed by atoms with Gasteiger partial charge < -0.3 is 15.1 Å². The summed E-state index contributed by atoms with van der Waals surface area (Å²) in [5, 5.41) is 5.28. The lowest BCUT2D eigenvalue weighted by Crippen LogP contribution is -2.52. The largest absolute Gasteiger partial charge is 0.352 e. The highest BCUT2D eigenvalue weighted by atomic mass is 79.9. The lowest BCUT2D eigenvalue weighted by Gasteiger charge is -2.32. The van der Waals surface area contributed by atoms with Crippen LogP contribution in [0.4, 0.5) is 5.69 Å². The summed E-state index contributed by atoms with van der Waals surface area (Å²) in [6, 6.07) is 29.1. The molecule has 2 aliphatic rings. The van der Waals surface area contributed by atoms with Gasteiger partial charge in [-0.05, 0) is 60.0 Å². The molecule has 43 heavy (non-hydrogen) atoms. The van der Waals surface area contributed by atoms with Gasteiger partial charge in [0.2, 0.25) is 11.8 Å². The minimum atomic E-state index is -0.652. The van der Waals surface area contributed by atoms with Crippen molar-refractivity contribution >= 4 is 50.1 Å². The number of nitrogens with zero attached hydrogens (tertiary/aromatic N) is 2. The second-order valence-corrected chi connectivity index (χ2v) is 12.5. The fourth-order valence-electron chi connectivity index (χ4n) is 6.49. The molecule has 0 radical (unpaired) electrons. The molecule has 4 aromatic carbocycles. The molecule has 1 aliphatic heterocycles. The van der Waals surface area contributed by atoms with Gasteiger partial charge in [-0.2, -0.15) is 0 Å². The highest BCUT2D eigenvalue weighted by molar-refractivity contribution is 9.10. The minimum Gasteiger partial charge on any atom is -0.352 e. The molecule has 6 nitrogen and oxygen atoms in total. The summed E-state index contributed by atoms with van der Waals surface area (Å²) in [4.78, 5) is 44.8. The van der Waals surface area contributed by atoms with E-state index < -0.39 is 6.04 Å². The van der Waals surface area contributed by atoms with Crippen LogP contribution in [-0.4, -0.2) is 41.2 Å². The first kappa shape index (κ1) is 29.1. The van der Waals surface area contributed by atoms with Gasteiger partial charge in [-0.1, -0.05) is 95.5 Å². The van der Waals surface area contributed by atoms with Crippen LogP contribution < -0.4 is 10.2 Å². The van der Waals surface area contributed by atoms with Gasteiger partial charge in [-0.15, -0.1) is 0 Å². The van der Waals surface area contributed by atoms with Crippen LogP contribution in [0.3, 0.4) is 0 Å². The van der Waals surface area contributed by atoms with Crippen LogP contribution in [0.5, 0.6) is 0 Å². The van der Waals surface area contributed by atoms with E-state index in [0.717, 1.165) is 57.7 Å². The summed E-state index contributed by atoms with van der Waals surface area (Å²) >= 11 is 3.56. The predicted octanol–water partition coefficient (Wildman–Crippen LogP) is 7.04. The molecule has 0 spiro atoms. The molecule has 0 unspecified atom stereocenters. The standard InChI is InChI=1S/C36H36BrN3O3/c37-28-15-6-12-26(22-28)24-40(32(23-25-10-2-1-3-11-25)35(42)38-29-16-4-5-17-29)33(41)20-9-21-39-31-19-8-14-27-13-7-18-30(34(27)31)36(39)43/h1-3,6-8,10-15,18-19,22,29,32H,4-5,9,16-17,20-21,23-24H2,(H,38,42)/t32-/m1/s1. The maximum absolute atomic E-state index is 14.1. The average Bonchev–Trinajstić information content (AvgIpc) is 3.63. The smallest absolute Gasteiger partial charge is 0.258 e. The molecule has 0 aromatic heterocycles. The SMILES string of the molecule is O=C(NC1CCCC1)[C@@H](Cc1ccccc1)N(Cc1cccc(Br)c1)C(=O)CCCN1C(=O)c2cccc3cccc1c23. The summed E-state index contributed by atoms with van der Waals surface area (Å²) in [5.41, 5.74) is 3.57. The first-order valence-electron chi connectivity index (χ1n) is 15.2. The zero-order valence-corrected chi connectivity index (χ0v) is 25.8. The number of hydrogen-bond donors (Lipinski definition) is 1. The van der Waals surface area contributed by atoms with E-state index in [1.165, 1.54) is 0 Å². The molecule has 0 saturated heterocycles. The Hall–Kier alpha value is -3.97. The number of anilines is 1. The maximum atomic E-state index is 14.1. The number of nitrogens with one attached hydrogen (secondary N) is 1. The lowest BCUT2D eigenvalue weighted by atomic mass is 10.0. The molecule has 1 heterocycles. The van der Waals surface area contributed by atoms with Crippen molar-refractivity contribution < 1.29 is 14.4 Å². The minimum absolute atomic E-state index is 0.0249. The Balaban J connectivity index is 1.23. The van der Waals surface area contributed by atoms with Crippen molar-refractivity contribution in [1.82, 2.24) is 10.2 Å². The van der Waals surface area contributed by atoms with Crippen molar-refractivity contribution in [3.8, 4) is 0 Å². The molecular formula is C36H36BrN3O3. The van der Waals surface area contributed by atoms with Gasteiger partial charge in [0.15, 0.2) is 0 Å². The maximum Gasteiger partial charge on any atom is 0.258 e. The van der Waals surface area contributed by atoms with E-state index in [-0.39, 0.29) is 30.2 Å². The number of benzene rings is 4. The molecule has 1 fully saturated rings. The Morgan fingerprint density at radius 2 is 1.63 bits per heavy atom. The number of amides is 3. The van der Waals surface area contributed by atoms with Gasteiger partial charge in [0.1, 0.15) is 6.04 Å². The van der Waals surface area contributed by atoms with Crippen LogP contribution in [0.2, 0.25) is 0 Å². The normalized spacial score (nSPS) is 15.2. The van der Waals surface area contributed by atoms with Gasteiger partial charge >= 0.3 is 0 Å². The van der Waals surface area contributed by atoms with E-state index in [1.807, 2.05) is 91.0 Å². The Labute approximate surface area is 261 Å². The van der Waals surface area contributed by atoms with Gasteiger partial charge in [0.25, 0.3) is 5.91 Å². The van der Waals surface area contributed by atoms with Crippen molar-refractivity contribution in [2.24, 2.45) is 0 Å². The summed E-state index contributed by atoms with van der Waals surface area (Å²) in [5.74, 6) is -0.219. The van der Waals surface area contributed by atoms with Crippen molar-refractivity contribution in [2.75, 3.05) is 11.4 Å². The highest BCUT2D eigenvalue weighted by Crippen LogP contribution is 2.37. The Kier molecular flexibility index (Phi) is 8.89. The van der Waals surface area contributed by atoms with Gasteiger partial charge in [0.05, 0.1) is 5.69 Å². The van der Waals surface area contributed by atoms with Crippen molar-refractivity contribution in [1.29, 1.82) is 0 Å². The Morgan fingerprint density at radius 1 is 0.907 bits per heavy atom. The topological polar surface area (TPSA) is 69.7 Å². The average molecular weight is 639 g/mol. The first-order chi connectivity index (χ1) is 21.0. The van der Waals surface area contributed by atoms with Crippen LogP contribution in [-0.2, 0) is 22.6 Å². The molecular weight excluding hydrogens is 602 g/mol. The van der Waals surface area contributed by atoms with Gasteiger partial charge in [0, 0.05) is 47.4 Å². The molecule has 0 bridgehead atoms. The van der Waals surface area contributed by atoms with E-state index in [1.54, 1.807) is 9.80 Å². The Bertz CT molecular complexity index is 1630. The zero-order chi connectivity index (χ0) is 29.8. The summed E-state index contributed by atoms with van der Waals surface area (Å²) < 4.78 is 0.925. The van der Waals surface area contributed by atoms with E-state index in [2.05, 4.69) is 21.2 Å². The first-order valence-corrected chi connectivity index (χ1v) is 16.0. The predicted molar refractivity (Wildman–Crippen MR) is 174 cm³/mol. The Morgan fingerprint density at radius 3 is 2.40 bits per heavy atom. The second-order valence-electron chi connectivity index (χ2n) is 11.6. The van der Waals surface area contributed by atoms with Crippen molar-refractivity contribution in [3.05, 3.63) is 112 Å². The van der Waals surface area contributed by atoms with E-state index in [0.29, 0.717) is 31.5 Å². The molecule has 7 heteroatoms. The molecule has 4 aromatic rings. The quantitative estimate of drug-likeness (QED) is 0.192. The number of rotatable bonds is 11. The van der Waals surface area contributed by atoms with Crippen molar-refractivity contribution in [2.45, 2.75) is 63.6 Å². The number of carbonyl (C=O) groups excluding carboxylic acids is 3. The monoisotopic (exact) mass is 637 g/mol. The van der Waals surface area contributed by atoms with Gasteiger partial charge in [-0.3, -0.25) is 14.4 Å². The van der Waals surface area contributed by atoms with E-state index in [9.17, 15) is 14.4 Å². The molecule has 1 aliphatic carbocycles. The van der Waals surface area contributed by atoms with Crippen LogP contribution in [0, 0.1) is 0 Å². The summed E-state index contributed by atoms with van der Waals surface area (Å²) in [6.07, 6.45) is 5.33. The fraction of sp³-hybridized carbons (Fsp3) is 0.306. The summed E-state index contributed by atoms with van der Waals surface area (Å²) in [7, 11) is 0. The number of hydrogen-bond acceptors (Lipinski definition) is 3. The van der Waals surface area contributed by atoms with Crippen LogP contribution in [0.1, 0.15) is 60.0 Å². The molecule has 1 saturated carbocycles. The van der Waals surface area contributed by atoms with Crippen LogP contribution in [0.15, 0.2) is 95.5 Å². The third-order valence-electron chi connectivity index (χ3n) is 8.64. The van der Waals surface area contributed by atoms with Crippen LogP contribution in [0.25, 0.3) is 10.8 Å². The number of halogens is 1. The number of carbonyl (C=O) groups is 3.